The van der Waals surface area contributed by atoms with Crippen molar-refractivity contribution in [3.05, 3.63) is 76.2 Å². The largest absolute Gasteiger partial charge is 0.449 e. The van der Waals surface area contributed by atoms with Gasteiger partial charge in [-0.05, 0) is 41.2 Å². The Morgan fingerprint density at radius 3 is 2.76 bits per heavy atom. The molecule has 1 aliphatic rings. The van der Waals surface area contributed by atoms with Gasteiger partial charge in [-0.1, -0.05) is 19.1 Å². The third kappa shape index (κ3) is 5.58. The second-order valence-electron chi connectivity index (χ2n) is 8.16. The van der Waals surface area contributed by atoms with Crippen molar-refractivity contribution in [3.8, 4) is 6.07 Å². The highest BCUT2D eigenvalue weighted by Gasteiger charge is 2.28. The number of hydrogen-bond acceptors (Lipinski definition) is 7. The molecular weight excluding hydrogens is 450 g/mol. The second kappa shape index (κ2) is 10.9. The number of carbonyl (C=O) groups excluding carboxylic acids is 2. The molecule has 4 rings (SSSR count). The molecule has 1 atom stereocenters. The van der Waals surface area contributed by atoms with Gasteiger partial charge in [-0.15, -0.1) is 11.3 Å². The van der Waals surface area contributed by atoms with Crippen LogP contribution in [0.5, 0.6) is 0 Å². The number of amides is 2. The number of rotatable bonds is 7. The van der Waals surface area contributed by atoms with Crippen molar-refractivity contribution in [2.75, 3.05) is 18.5 Å². The number of ether oxygens (including phenoxy) is 1. The van der Waals surface area contributed by atoms with E-state index in [1.807, 2.05) is 31.2 Å². The Morgan fingerprint density at radius 1 is 1.26 bits per heavy atom. The Hall–Kier alpha value is -3.77. The lowest BCUT2D eigenvalue weighted by Crippen LogP contribution is -2.36. The van der Waals surface area contributed by atoms with Crippen LogP contribution in [0.1, 0.15) is 46.4 Å². The summed E-state index contributed by atoms with van der Waals surface area (Å²) in [7, 11) is 0. The van der Waals surface area contributed by atoms with Crippen LogP contribution >= 0.6 is 11.3 Å². The first kappa shape index (κ1) is 23.4. The van der Waals surface area contributed by atoms with Gasteiger partial charge in [0.2, 0.25) is 5.91 Å². The molecule has 0 aromatic carbocycles. The predicted molar refractivity (Wildman–Crippen MR) is 128 cm³/mol. The van der Waals surface area contributed by atoms with Crippen molar-refractivity contribution in [2.24, 2.45) is 0 Å². The third-order valence-electron chi connectivity index (χ3n) is 5.76. The Kier molecular flexibility index (Phi) is 7.50. The van der Waals surface area contributed by atoms with Gasteiger partial charge in [0, 0.05) is 49.1 Å². The van der Waals surface area contributed by atoms with Gasteiger partial charge in [-0.2, -0.15) is 5.26 Å². The van der Waals surface area contributed by atoms with Gasteiger partial charge in [-0.25, -0.2) is 4.79 Å². The van der Waals surface area contributed by atoms with Gasteiger partial charge >= 0.3 is 6.09 Å². The van der Waals surface area contributed by atoms with Gasteiger partial charge in [0.15, 0.2) is 0 Å². The number of hydrogen-bond donors (Lipinski definition) is 1. The molecule has 34 heavy (non-hydrogen) atoms. The molecule has 2 amide bonds. The highest BCUT2D eigenvalue weighted by molar-refractivity contribution is 7.16. The summed E-state index contributed by atoms with van der Waals surface area (Å²) >= 11 is 1.36. The molecule has 3 aromatic heterocycles. The topological polar surface area (TPSA) is 108 Å². The lowest BCUT2D eigenvalue weighted by atomic mass is 9.99. The Bertz CT molecular complexity index is 1190. The second-order valence-corrected chi connectivity index (χ2v) is 9.26. The van der Waals surface area contributed by atoms with E-state index in [9.17, 15) is 14.9 Å². The van der Waals surface area contributed by atoms with E-state index < -0.39 is 0 Å². The molecule has 9 heteroatoms. The van der Waals surface area contributed by atoms with Gasteiger partial charge in [0.05, 0.1) is 18.7 Å². The van der Waals surface area contributed by atoms with Crippen LogP contribution in [0.25, 0.3) is 0 Å². The molecule has 174 valence electrons. The summed E-state index contributed by atoms with van der Waals surface area (Å²) in [5.41, 5.74) is 3.39. The minimum absolute atomic E-state index is 0.00533. The quantitative estimate of drug-likeness (QED) is 0.546. The van der Waals surface area contributed by atoms with Crippen LogP contribution in [0.15, 0.2) is 49.1 Å². The maximum absolute atomic E-state index is 12.7. The first-order valence-electron chi connectivity index (χ1n) is 11.1. The Labute approximate surface area is 202 Å². The van der Waals surface area contributed by atoms with E-state index in [0.717, 1.165) is 21.6 Å². The lowest BCUT2D eigenvalue weighted by Gasteiger charge is -2.26. The SMILES string of the molecule is C[C@@H](CC(=O)Nc1sc2c(c1C#N)CCN(C(=O)OCCc1cccnc1)C2)c1cccnc1. The molecule has 0 unspecified atom stereocenters. The number of aromatic nitrogens is 2. The molecule has 0 saturated heterocycles. The Balaban J connectivity index is 1.35. The van der Waals surface area contributed by atoms with Crippen molar-refractivity contribution >= 4 is 28.3 Å². The molecule has 0 fully saturated rings. The molecule has 0 radical (unpaired) electrons. The first-order valence-corrected chi connectivity index (χ1v) is 11.9. The smallest absolute Gasteiger partial charge is 0.410 e. The fraction of sp³-hybridized carbons (Fsp3) is 0.320. The summed E-state index contributed by atoms with van der Waals surface area (Å²) in [6.45, 7) is 3.08. The number of carbonyl (C=O) groups is 2. The van der Waals surface area contributed by atoms with E-state index in [2.05, 4.69) is 21.4 Å². The summed E-state index contributed by atoms with van der Waals surface area (Å²) in [5, 5.41) is 13.2. The number of nitrogens with zero attached hydrogens (tertiary/aromatic N) is 4. The van der Waals surface area contributed by atoms with Crippen molar-refractivity contribution in [2.45, 2.75) is 38.6 Å². The fourth-order valence-electron chi connectivity index (χ4n) is 3.90. The fourth-order valence-corrected chi connectivity index (χ4v) is 5.13. The van der Waals surface area contributed by atoms with Crippen LogP contribution in [-0.4, -0.2) is 40.0 Å². The normalized spacial score (nSPS) is 13.5. The molecular formula is C25H25N5O3S. The van der Waals surface area contributed by atoms with Crippen LogP contribution in [-0.2, 0) is 28.9 Å². The molecule has 3 aromatic rings. The van der Waals surface area contributed by atoms with Crippen LogP contribution in [0.2, 0.25) is 0 Å². The minimum atomic E-state index is -0.377. The predicted octanol–water partition coefficient (Wildman–Crippen LogP) is 4.28. The summed E-state index contributed by atoms with van der Waals surface area (Å²) < 4.78 is 5.44. The zero-order valence-electron chi connectivity index (χ0n) is 18.9. The zero-order chi connectivity index (χ0) is 23.9. The molecule has 0 saturated carbocycles. The van der Waals surface area contributed by atoms with Crippen LogP contribution in [0.4, 0.5) is 9.80 Å². The molecule has 0 bridgehead atoms. The molecule has 1 aliphatic heterocycles. The summed E-state index contributed by atoms with van der Waals surface area (Å²) in [5.74, 6) is -0.149. The van der Waals surface area contributed by atoms with Gasteiger partial charge < -0.3 is 15.0 Å². The highest BCUT2D eigenvalue weighted by atomic mass is 32.1. The molecule has 1 N–H and O–H groups in total. The Morgan fingerprint density at radius 2 is 2.06 bits per heavy atom. The average molecular weight is 476 g/mol. The van der Waals surface area contributed by atoms with Crippen molar-refractivity contribution in [1.29, 1.82) is 5.26 Å². The number of anilines is 1. The van der Waals surface area contributed by atoms with Crippen molar-refractivity contribution in [3.63, 3.8) is 0 Å². The molecule has 8 nitrogen and oxygen atoms in total. The maximum Gasteiger partial charge on any atom is 0.410 e. The van der Waals surface area contributed by atoms with Gasteiger partial charge in [0.1, 0.15) is 11.1 Å². The molecule has 0 aliphatic carbocycles. The number of thiophene rings is 1. The number of nitriles is 1. The van der Waals surface area contributed by atoms with E-state index in [1.165, 1.54) is 11.3 Å². The summed E-state index contributed by atoms with van der Waals surface area (Å²) in [6, 6.07) is 9.82. The maximum atomic E-state index is 12.7. The van der Waals surface area contributed by atoms with E-state index in [1.54, 1.807) is 29.7 Å². The van der Waals surface area contributed by atoms with E-state index in [4.69, 9.17) is 4.74 Å². The lowest BCUT2D eigenvalue weighted by molar-refractivity contribution is -0.116. The van der Waals surface area contributed by atoms with E-state index >= 15 is 0 Å². The zero-order valence-corrected chi connectivity index (χ0v) is 19.7. The van der Waals surface area contributed by atoms with E-state index in [0.29, 0.717) is 36.5 Å². The highest BCUT2D eigenvalue weighted by Crippen LogP contribution is 2.37. The monoisotopic (exact) mass is 475 g/mol. The van der Waals surface area contributed by atoms with Crippen LogP contribution < -0.4 is 5.32 Å². The summed E-state index contributed by atoms with van der Waals surface area (Å²) in [6.07, 6.45) is 7.97. The van der Waals surface area contributed by atoms with E-state index in [-0.39, 0.29) is 30.9 Å². The van der Waals surface area contributed by atoms with Gasteiger partial charge in [0.25, 0.3) is 0 Å². The van der Waals surface area contributed by atoms with Crippen LogP contribution in [0, 0.1) is 11.3 Å². The third-order valence-corrected chi connectivity index (χ3v) is 6.90. The summed E-state index contributed by atoms with van der Waals surface area (Å²) in [4.78, 5) is 35.9. The van der Waals surface area contributed by atoms with Gasteiger partial charge in [-0.3, -0.25) is 14.8 Å². The average Bonchev–Trinajstić information content (AvgIpc) is 3.20. The first-order chi connectivity index (χ1) is 16.5. The number of pyridine rings is 2. The number of nitrogens with one attached hydrogen (secondary N) is 1. The van der Waals surface area contributed by atoms with Crippen LogP contribution in [0.3, 0.4) is 0 Å². The minimum Gasteiger partial charge on any atom is -0.449 e. The standard InChI is InChI=1S/C25H25N5O3S/c1-17(19-5-3-9-28-15-19)12-23(31)29-24-21(13-26)20-6-10-30(16-22(20)34-24)25(32)33-11-7-18-4-2-8-27-14-18/h2-5,8-9,14-15,17H,6-7,10-12,16H2,1H3,(H,29,31)/t17-/m0/s1. The van der Waals surface area contributed by atoms with Crippen molar-refractivity contribution in [1.82, 2.24) is 14.9 Å². The molecule has 4 heterocycles. The molecule has 0 spiro atoms. The van der Waals surface area contributed by atoms with Crippen molar-refractivity contribution < 1.29 is 14.3 Å². The number of fused-ring (bicyclic) bond motifs is 1.